The molecule has 0 unspecified atom stereocenters. The van der Waals surface area contributed by atoms with Gasteiger partial charge in [0, 0.05) is 18.0 Å². The molecule has 0 saturated carbocycles. The highest BCUT2D eigenvalue weighted by Gasteiger charge is 2.14. The van der Waals surface area contributed by atoms with Crippen LogP contribution in [-0.4, -0.2) is 26.1 Å². The van der Waals surface area contributed by atoms with Gasteiger partial charge in [-0.25, -0.2) is 9.37 Å². The molecule has 2 N–H and O–H groups in total. The van der Waals surface area contributed by atoms with Gasteiger partial charge in [-0.3, -0.25) is 14.9 Å². The molecule has 4 rings (SSSR count). The Balaban J connectivity index is 1.47. The van der Waals surface area contributed by atoms with Crippen molar-refractivity contribution in [2.75, 3.05) is 0 Å². The average Bonchev–Trinajstić information content (AvgIpc) is 3.39. The maximum atomic E-state index is 13.0. The van der Waals surface area contributed by atoms with Crippen LogP contribution >= 0.6 is 0 Å². The molecular formula is C19H14FN5O2. The molecule has 0 bridgehead atoms. The quantitative estimate of drug-likeness (QED) is 0.568. The average molecular weight is 363 g/mol. The molecule has 0 fully saturated rings. The molecule has 0 atom stereocenters. The fourth-order valence-corrected chi connectivity index (χ4v) is 2.58. The smallest absolute Gasteiger partial charge is 0.269 e. The van der Waals surface area contributed by atoms with Crippen molar-refractivity contribution >= 4 is 5.91 Å². The van der Waals surface area contributed by atoms with E-state index in [0.29, 0.717) is 28.4 Å². The summed E-state index contributed by atoms with van der Waals surface area (Å²) in [5.74, 6) is -0.0945. The Labute approximate surface area is 153 Å². The van der Waals surface area contributed by atoms with Crippen molar-refractivity contribution in [2.24, 2.45) is 0 Å². The highest BCUT2D eigenvalue weighted by Crippen LogP contribution is 2.20. The highest BCUT2D eigenvalue weighted by molar-refractivity contribution is 5.93. The van der Waals surface area contributed by atoms with Crippen LogP contribution in [0.5, 0.6) is 0 Å². The molecule has 0 radical (unpaired) electrons. The van der Waals surface area contributed by atoms with Crippen LogP contribution in [-0.2, 0) is 6.54 Å². The van der Waals surface area contributed by atoms with E-state index in [4.69, 9.17) is 4.42 Å². The van der Waals surface area contributed by atoms with Gasteiger partial charge in [0.2, 0.25) is 0 Å². The Bertz CT molecular complexity index is 1060. The molecule has 134 valence electrons. The van der Waals surface area contributed by atoms with Gasteiger partial charge in [-0.1, -0.05) is 0 Å². The van der Waals surface area contributed by atoms with Crippen molar-refractivity contribution in [3.05, 3.63) is 78.3 Å². The van der Waals surface area contributed by atoms with Gasteiger partial charge in [0.15, 0.2) is 5.76 Å². The number of amides is 1. The second-order valence-electron chi connectivity index (χ2n) is 5.69. The molecule has 0 saturated heterocycles. The molecule has 0 aliphatic heterocycles. The normalized spacial score (nSPS) is 10.7. The molecular weight excluding hydrogens is 349 g/mol. The van der Waals surface area contributed by atoms with E-state index in [2.05, 4.69) is 25.5 Å². The summed E-state index contributed by atoms with van der Waals surface area (Å²) in [4.78, 5) is 20.9. The van der Waals surface area contributed by atoms with Crippen molar-refractivity contribution in [2.45, 2.75) is 6.54 Å². The lowest BCUT2D eigenvalue weighted by molar-refractivity contribution is 0.0945. The molecule has 8 heteroatoms. The number of carbonyl (C=O) groups is 1. The summed E-state index contributed by atoms with van der Waals surface area (Å²) in [6.45, 7) is 0.174. The van der Waals surface area contributed by atoms with Crippen molar-refractivity contribution in [1.29, 1.82) is 0 Å². The van der Waals surface area contributed by atoms with E-state index >= 15 is 0 Å². The number of hydrogen-bond acceptors (Lipinski definition) is 5. The topological polar surface area (TPSA) is 96.7 Å². The number of hydrogen-bond donors (Lipinski definition) is 2. The third-order valence-corrected chi connectivity index (χ3v) is 3.91. The molecule has 1 aromatic carbocycles. The maximum absolute atomic E-state index is 13.0. The van der Waals surface area contributed by atoms with Gasteiger partial charge in [-0.05, 0) is 42.5 Å². The van der Waals surface area contributed by atoms with E-state index in [0.717, 1.165) is 0 Å². The lowest BCUT2D eigenvalue weighted by Gasteiger charge is -2.06. The molecule has 0 aliphatic rings. The zero-order valence-corrected chi connectivity index (χ0v) is 14.0. The zero-order chi connectivity index (χ0) is 18.6. The van der Waals surface area contributed by atoms with E-state index in [1.165, 1.54) is 12.1 Å². The molecule has 7 nitrogen and oxygen atoms in total. The van der Waals surface area contributed by atoms with Crippen molar-refractivity contribution < 1.29 is 13.6 Å². The van der Waals surface area contributed by atoms with Crippen LogP contribution in [0.4, 0.5) is 4.39 Å². The van der Waals surface area contributed by atoms with E-state index in [-0.39, 0.29) is 24.0 Å². The van der Waals surface area contributed by atoms with Gasteiger partial charge in [0.05, 0.1) is 24.2 Å². The lowest BCUT2D eigenvalue weighted by atomic mass is 10.1. The number of carbonyl (C=O) groups excluding carboxylic acids is 1. The van der Waals surface area contributed by atoms with Crippen LogP contribution in [0.3, 0.4) is 0 Å². The number of nitrogens with zero attached hydrogens (tertiary/aromatic N) is 3. The number of furan rings is 1. The first-order chi connectivity index (χ1) is 13.2. The molecule has 4 aromatic rings. The van der Waals surface area contributed by atoms with Crippen LogP contribution in [0.1, 0.15) is 16.2 Å². The van der Waals surface area contributed by atoms with Crippen molar-refractivity contribution in [3.63, 3.8) is 0 Å². The van der Waals surface area contributed by atoms with E-state index in [1.807, 2.05) is 0 Å². The van der Waals surface area contributed by atoms with E-state index in [9.17, 15) is 9.18 Å². The Morgan fingerprint density at radius 1 is 1.15 bits per heavy atom. The van der Waals surface area contributed by atoms with Gasteiger partial charge < -0.3 is 9.73 Å². The maximum Gasteiger partial charge on any atom is 0.269 e. The fraction of sp³-hybridized carbons (Fsp3) is 0.0526. The molecule has 3 aromatic heterocycles. The second-order valence-corrected chi connectivity index (χ2v) is 5.69. The zero-order valence-electron chi connectivity index (χ0n) is 14.0. The third-order valence-electron chi connectivity index (χ3n) is 3.91. The standard InChI is InChI=1S/C19H14FN5O2/c20-13-5-3-12(4-6-13)14-10-15(25-24-14)19(26)23-11-16-18(22-8-7-21-16)17-2-1-9-27-17/h1-10H,11H2,(H,23,26)(H,24,25). The summed E-state index contributed by atoms with van der Waals surface area (Å²) in [6.07, 6.45) is 4.66. The first-order valence-corrected chi connectivity index (χ1v) is 8.14. The van der Waals surface area contributed by atoms with Crippen molar-refractivity contribution in [1.82, 2.24) is 25.5 Å². The largest absolute Gasteiger partial charge is 0.463 e. The monoisotopic (exact) mass is 363 g/mol. The molecule has 0 spiro atoms. The summed E-state index contributed by atoms with van der Waals surface area (Å²) in [5.41, 5.74) is 2.70. The van der Waals surface area contributed by atoms with Crippen LogP contribution < -0.4 is 5.32 Å². The van der Waals surface area contributed by atoms with Crippen LogP contribution in [0.15, 0.2) is 65.5 Å². The number of aromatic nitrogens is 4. The fourth-order valence-electron chi connectivity index (χ4n) is 2.58. The summed E-state index contributed by atoms with van der Waals surface area (Å²) in [5, 5.41) is 9.56. The predicted molar refractivity (Wildman–Crippen MR) is 94.9 cm³/mol. The first-order valence-electron chi connectivity index (χ1n) is 8.14. The molecule has 1 amide bonds. The Morgan fingerprint density at radius 2 is 1.96 bits per heavy atom. The number of benzene rings is 1. The van der Waals surface area contributed by atoms with E-state index in [1.54, 1.807) is 49.0 Å². The third kappa shape index (κ3) is 3.59. The van der Waals surface area contributed by atoms with Gasteiger partial charge >= 0.3 is 0 Å². The Kier molecular flexibility index (Phi) is 4.44. The minimum absolute atomic E-state index is 0.174. The predicted octanol–water partition coefficient (Wildman–Crippen LogP) is 3.20. The first kappa shape index (κ1) is 16.6. The summed E-state index contributed by atoms with van der Waals surface area (Å²) >= 11 is 0. The van der Waals surface area contributed by atoms with Gasteiger partial charge in [0.1, 0.15) is 17.2 Å². The summed E-state index contributed by atoms with van der Waals surface area (Å²) < 4.78 is 18.4. The molecule has 3 heterocycles. The molecule has 0 aliphatic carbocycles. The number of halogens is 1. The highest BCUT2D eigenvalue weighted by atomic mass is 19.1. The van der Waals surface area contributed by atoms with Gasteiger partial charge in [-0.15, -0.1) is 0 Å². The number of rotatable bonds is 5. The Hall–Kier alpha value is -3.81. The van der Waals surface area contributed by atoms with Gasteiger partial charge in [0.25, 0.3) is 5.91 Å². The summed E-state index contributed by atoms with van der Waals surface area (Å²) in [6, 6.07) is 11.0. The minimum atomic E-state index is -0.341. The minimum Gasteiger partial charge on any atom is -0.463 e. The molecule has 27 heavy (non-hydrogen) atoms. The number of H-pyrrole nitrogens is 1. The van der Waals surface area contributed by atoms with E-state index < -0.39 is 0 Å². The Morgan fingerprint density at radius 3 is 2.74 bits per heavy atom. The van der Waals surface area contributed by atoms with Crippen LogP contribution in [0, 0.1) is 5.82 Å². The van der Waals surface area contributed by atoms with Gasteiger partial charge in [-0.2, -0.15) is 5.10 Å². The second kappa shape index (κ2) is 7.20. The summed E-state index contributed by atoms with van der Waals surface area (Å²) in [7, 11) is 0. The lowest BCUT2D eigenvalue weighted by Crippen LogP contribution is -2.24. The SMILES string of the molecule is O=C(NCc1nccnc1-c1ccco1)c1cc(-c2ccc(F)cc2)n[nH]1. The van der Waals surface area contributed by atoms with Crippen LogP contribution in [0.25, 0.3) is 22.7 Å². The van der Waals surface area contributed by atoms with Crippen molar-refractivity contribution in [3.8, 4) is 22.7 Å². The number of nitrogens with one attached hydrogen (secondary N) is 2. The number of aromatic amines is 1. The van der Waals surface area contributed by atoms with Crippen LogP contribution in [0.2, 0.25) is 0 Å².